The van der Waals surface area contributed by atoms with E-state index in [9.17, 15) is 35.7 Å². The van der Waals surface area contributed by atoms with E-state index in [4.69, 9.17) is 0 Å². The number of hydrogen-bond acceptors (Lipinski definition) is 11. The molecule has 4 rings (SSSR count). The topological polar surface area (TPSA) is 184 Å². The quantitative estimate of drug-likeness (QED) is 0.129. The molecule has 0 atom stereocenters. The van der Waals surface area contributed by atoms with Gasteiger partial charge in [0.25, 0.3) is 0 Å². The Bertz CT molecular complexity index is 1350. The molecule has 0 spiro atoms. The SMILES string of the molecule is OCCN(c1ccc(O)c(O)c1)c1nc(Cc2ccc(O)c(O)c2)nc(Cc2ccc(O)c(O)c2)n1.[Rf].[Rf].[Rf].[Rf].[Rf].[Rf]. The summed E-state index contributed by atoms with van der Waals surface area (Å²) in [5, 5.41) is 68.3. The Hall–Kier alpha value is -10.8. The van der Waals surface area contributed by atoms with Gasteiger partial charge in [-0.1, -0.05) is 12.1 Å². The van der Waals surface area contributed by atoms with Crippen molar-refractivity contribution in [3.63, 3.8) is 0 Å². The molecule has 0 unspecified atom stereocenters. The van der Waals surface area contributed by atoms with Crippen LogP contribution in [0.25, 0.3) is 0 Å². The molecule has 0 radical (unpaired) electrons. The smallest absolute Gasteiger partial charge is 0.233 e. The number of anilines is 2. The third kappa shape index (κ3) is 6.64. The minimum absolute atomic E-state index is 0. The fraction of sp³-hybridized carbons (Fsp3) is 0.160. The van der Waals surface area contributed by atoms with Gasteiger partial charge in [-0.05, 0) is 47.5 Å². The van der Waals surface area contributed by atoms with Crippen LogP contribution in [0.5, 0.6) is 34.5 Å². The molecule has 0 aliphatic carbocycles. The van der Waals surface area contributed by atoms with Crippen molar-refractivity contribution in [3.8, 4) is 34.5 Å². The van der Waals surface area contributed by atoms with Crippen LogP contribution in [0.2, 0.25) is 0 Å². The molecule has 1 heterocycles. The maximum Gasteiger partial charge on any atom is 0.233 e. The van der Waals surface area contributed by atoms with Crippen LogP contribution in [-0.4, -0.2) is 63.8 Å². The zero-order chi connectivity index (χ0) is 25.8. The number of benzene rings is 3. The van der Waals surface area contributed by atoms with E-state index in [1.54, 1.807) is 12.1 Å². The van der Waals surface area contributed by atoms with E-state index < -0.39 is 0 Å². The van der Waals surface area contributed by atoms with Crippen LogP contribution < -0.4 is 4.90 Å². The molecule has 3 aromatic carbocycles. The minimum atomic E-state index is -0.357. The number of rotatable bonds is 8. The molecule has 0 saturated heterocycles. The molecule has 198 valence electrons. The van der Waals surface area contributed by atoms with Gasteiger partial charge in [0.1, 0.15) is 11.6 Å². The summed E-state index contributed by atoms with van der Waals surface area (Å²) >= 11 is 0. The second kappa shape index (κ2) is 13.2. The Morgan fingerprint density at radius 1 is 0.500 bits per heavy atom. The zero-order valence-corrected chi connectivity index (χ0v) is 61.6. The Morgan fingerprint density at radius 2 is 0.905 bits per heavy atom. The van der Waals surface area contributed by atoms with E-state index in [0.717, 1.165) is 0 Å². The van der Waals surface area contributed by atoms with E-state index >= 15 is 0 Å². The van der Waals surface area contributed by atoms with Crippen LogP contribution >= 0.6 is 0 Å². The summed E-state index contributed by atoms with van der Waals surface area (Å²) in [6, 6.07) is 12.8. The second-order valence-corrected chi connectivity index (χ2v) is 8.02. The Labute approximate surface area is 205 Å². The standard InChI is InChI=1S/C25H24N4O7.6Rf/c30-8-7-29(16-3-6-19(33)22(36)13-16)25-27-23(11-14-1-4-17(31)20(34)9-14)26-24(28-25)12-15-2-5-18(32)21(35)10-15;;;;;;/h1-6,9-10,13,30-36H,7-8,11-12H2;;;;;;. The van der Waals surface area contributed by atoms with Crippen molar-refractivity contribution < 1.29 is 35.7 Å². The van der Waals surface area contributed by atoms with Crippen LogP contribution in [-0.2, 0) is 12.8 Å². The van der Waals surface area contributed by atoms with Gasteiger partial charge in [0.15, 0.2) is 34.5 Å². The minimum Gasteiger partial charge on any atom is -0.504 e. The number of aliphatic hydroxyl groups excluding tert-OH is 1. The van der Waals surface area contributed by atoms with Crippen LogP contribution in [0.15, 0.2) is 54.6 Å². The Balaban J connectivity index is -0.00000253. The molecule has 0 aliphatic heterocycles. The molecule has 17 heteroatoms. The molecule has 0 fully saturated rings. The van der Waals surface area contributed by atoms with E-state index in [2.05, 4.69) is 15.0 Å². The van der Waals surface area contributed by atoms with Crippen molar-refractivity contribution in [2.75, 3.05) is 18.1 Å². The van der Waals surface area contributed by atoms with Crippen LogP contribution in [0.1, 0.15) is 22.8 Å². The first-order chi connectivity index (χ1) is 17.2. The van der Waals surface area contributed by atoms with Crippen LogP contribution in [0, 0.1) is 0 Å². The van der Waals surface area contributed by atoms with Crippen molar-refractivity contribution in [2.45, 2.75) is 12.8 Å². The van der Waals surface area contributed by atoms with Gasteiger partial charge in [-0.25, -0.2) is 4.98 Å². The molecule has 4 aromatic rings. The summed E-state index contributed by atoms with van der Waals surface area (Å²) in [6.45, 7) is -0.206. The van der Waals surface area contributed by atoms with Gasteiger partial charge >= 0.3 is 0 Å². The monoisotopic (exact) mass is 2090 g/mol. The maximum atomic E-state index is 9.98. The van der Waals surface area contributed by atoms with Gasteiger partial charge in [-0.3, -0.25) is 0 Å². The molecular weight excluding hydrogens is 2070 g/mol. The number of nitrogens with zero attached hydrogens (tertiary/aromatic N) is 4. The normalized spacial score (nSPS) is 9.36. The summed E-state index contributed by atoms with van der Waals surface area (Å²) in [5.74, 6) is -0.981. The van der Waals surface area contributed by atoms with Crippen molar-refractivity contribution >= 4 is 11.6 Å². The summed E-state index contributed by atoms with van der Waals surface area (Å²) < 4.78 is 0. The third-order valence-corrected chi connectivity index (χ3v) is 5.36. The molecule has 0 saturated carbocycles. The van der Waals surface area contributed by atoms with E-state index in [1.165, 1.54) is 47.4 Å². The maximum absolute atomic E-state index is 9.98. The largest absolute Gasteiger partial charge is 0.504 e. The summed E-state index contributed by atoms with van der Waals surface area (Å²) in [5.41, 5.74) is 1.64. The van der Waals surface area contributed by atoms with Crippen molar-refractivity contribution in [2.24, 2.45) is 0 Å². The predicted octanol–water partition coefficient (Wildman–Crippen LogP) is 2.42. The fourth-order valence-electron chi connectivity index (χ4n) is 3.58. The van der Waals surface area contributed by atoms with Gasteiger partial charge in [-0.2, -0.15) is 9.97 Å². The molecular formula is C25H24N4O7Rf6. The first-order valence-corrected chi connectivity index (χ1v) is 10.9. The van der Waals surface area contributed by atoms with Crippen molar-refractivity contribution in [1.82, 2.24) is 15.0 Å². The molecule has 42 heavy (non-hydrogen) atoms. The third-order valence-electron chi connectivity index (χ3n) is 5.36. The molecule has 0 amide bonds. The number of hydrogen-bond donors (Lipinski definition) is 7. The Morgan fingerprint density at radius 3 is 1.29 bits per heavy atom. The first-order valence-electron chi connectivity index (χ1n) is 10.9. The van der Waals surface area contributed by atoms with Gasteiger partial charge in [0.2, 0.25) is 5.95 Å². The van der Waals surface area contributed by atoms with E-state index in [1.807, 2.05) is 0 Å². The number of phenolic OH excluding ortho intramolecular Hbond substituents is 6. The van der Waals surface area contributed by atoms with Crippen molar-refractivity contribution in [3.05, 3.63) is 77.4 Å². The summed E-state index contributed by atoms with van der Waals surface area (Å²) in [7, 11) is 0. The fourth-order valence-corrected chi connectivity index (χ4v) is 3.58. The molecule has 7 N–H and O–H groups in total. The van der Waals surface area contributed by atoms with E-state index in [0.29, 0.717) is 28.5 Å². The van der Waals surface area contributed by atoms with Gasteiger partial charge < -0.3 is 40.6 Å². The second-order valence-electron chi connectivity index (χ2n) is 8.02. The van der Waals surface area contributed by atoms with Crippen LogP contribution in [0.3, 0.4) is 0 Å². The zero-order valence-electron chi connectivity index (χ0n) is 23.2. The van der Waals surface area contributed by atoms with Gasteiger partial charge in [0, 0.05) is 31.1 Å². The first kappa shape index (κ1) is 35.8. The predicted molar refractivity (Wildman–Crippen MR) is 129 cm³/mol. The molecule has 0 bridgehead atoms. The number of aromatic nitrogens is 3. The van der Waals surface area contributed by atoms with Crippen molar-refractivity contribution in [1.29, 1.82) is 0 Å². The van der Waals surface area contributed by atoms with Gasteiger partial charge in [-0.15, -0.1) is 0 Å². The summed E-state index contributed by atoms with van der Waals surface area (Å²) in [4.78, 5) is 15.1. The molecule has 11 nitrogen and oxygen atoms in total. The molecule has 0 aliphatic rings. The van der Waals surface area contributed by atoms with Gasteiger partial charge in [0.05, 0.1) is 6.61 Å². The molecule has 1 aromatic heterocycles. The number of phenols is 6. The number of aromatic hydroxyl groups is 6. The Kier molecular flexibility index (Phi) is 11.3. The average molecular weight is 2090 g/mol. The van der Waals surface area contributed by atoms with E-state index in [-0.39, 0.29) is 66.4 Å². The number of aliphatic hydroxyl groups is 1. The van der Waals surface area contributed by atoms with Crippen LogP contribution in [0.4, 0.5) is 11.6 Å². The summed E-state index contributed by atoms with van der Waals surface area (Å²) in [6.07, 6.45) is 0.343. The average Bonchev–Trinajstić information content (AvgIpc) is 2.84.